The molecule has 0 saturated heterocycles. The van der Waals surface area contributed by atoms with Crippen LogP contribution in [0.1, 0.15) is 5.56 Å². The SMILES string of the molecule is NNc1nc(Nc2ccccc2C(F)(F)F)c(F)cc1F. The van der Waals surface area contributed by atoms with Crippen molar-refractivity contribution in [1.29, 1.82) is 0 Å². The van der Waals surface area contributed by atoms with Gasteiger partial charge in [-0.2, -0.15) is 13.2 Å². The third-order valence-corrected chi connectivity index (χ3v) is 2.55. The van der Waals surface area contributed by atoms with Crippen LogP contribution in [0.15, 0.2) is 30.3 Å². The van der Waals surface area contributed by atoms with Gasteiger partial charge in [0.25, 0.3) is 0 Å². The maximum absolute atomic E-state index is 13.6. The second-order valence-corrected chi connectivity index (χ2v) is 3.96. The van der Waals surface area contributed by atoms with Crippen LogP contribution in [0.4, 0.5) is 39.3 Å². The highest BCUT2D eigenvalue weighted by Gasteiger charge is 2.33. The van der Waals surface area contributed by atoms with Gasteiger partial charge in [-0.25, -0.2) is 19.6 Å². The summed E-state index contributed by atoms with van der Waals surface area (Å²) in [7, 11) is 0. The van der Waals surface area contributed by atoms with Crippen molar-refractivity contribution in [2.24, 2.45) is 5.84 Å². The number of nitrogens with two attached hydrogens (primary N) is 1. The quantitative estimate of drug-likeness (QED) is 0.462. The van der Waals surface area contributed by atoms with Crippen LogP contribution in [0.3, 0.4) is 0 Å². The molecule has 0 unspecified atom stereocenters. The zero-order valence-electron chi connectivity index (χ0n) is 10.3. The van der Waals surface area contributed by atoms with Crippen LogP contribution in [0, 0.1) is 11.6 Å². The van der Waals surface area contributed by atoms with Gasteiger partial charge in [0.05, 0.1) is 11.3 Å². The van der Waals surface area contributed by atoms with Crippen molar-refractivity contribution in [1.82, 2.24) is 4.98 Å². The number of para-hydroxylation sites is 1. The van der Waals surface area contributed by atoms with E-state index in [9.17, 15) is 22.0 Å². The number of anilines is 3. The van der Waals surface area contributed by atoms with Gasteiger partial charge in [0.2, 0.25) is 0 Å². The summed E-state index contributed by atoms with van der Waals surface area (Å²) in [4.78, 5) is 3.44. The smallest absolute Gasteiger partial charge is 0.337 e. The van der Waals surface area contributed by atoms with Gasteiger partial charge in [0.15, 0.2) is 23.3 Å². The van der Waals surface area contributed by atoms with Crippen LogP contribution in [0.5, 0.6) is 0 Å². The van der Waals surface area contributed by atoms with E-state index in [2.05, 4.69) is 10.3 Å². The molecule has 1 heterocycles. The summed E-state index contributed by atoms with van der Waals surface area (Å²) in [5.74, 6) is 1.69. The predicted molar refractivity (Wildman–Crippen MR) is 66.7 cm³/mol. The van der Waals surface area contributed by atoms with Crippen molar-refractivity contribution >= 4 is 17.3 Å². The molecule has 21 heavy (non-hydrogen) atoms. The number of pyridine rings is 1. The summed E-state index contributed by atoms with van der Waals surface area (Å²) in [5.41, 5.74) is 0.465. The van der Waals surface area contributed by atoms with Crippen LogP contribution >= 0.6 is 0 Å². The topological polar surface area (TPSA) is 63.0 Å². The number of halogens is 5. The Labute approximate surface area is 115 Å². The van der Waals surface area contributed by atoms with Crippen LogP contribution in [-0.4, -0.2) is 4.98 Å². The highest BCUT2D eigenvalue weighted by atomic mass is 19.4. The Morgan fingerprint density at radius 2 is 1.62 bits per heavy atom. The first-order chi connectivity index (χ1) is 9.82. The second kappa shape index (κ2) is 5.52. The molecule has 4 N–H and O–H groups in total. The van der Waals surface area contributed by atoms with Crippen molar-refractivity contribution in [2.45, 2.75) is 6.18 Å². The van der Waals surface area contributed by atoms with Gasteiger partial charge in [-0.15, -0.1) is 0 Å². The van der Waals surface area contributed by atoms with Gasteiger partial charge >= 0.3 is 6.18 Å². The van der Waals surface area contributed by atoms with Gasteiger partial charge in [-0.3, -0.25) is 0 Å². The Morgan fingerprint density at radius 1 is 1.00 bits per heavy atom. The fourth-order valence-electron chi connectivity index (χ4n) is 1.62. The molecule has 0 fully saturated rings. The zero-order valence-corrected chi connectivity index (χ0v) is 10.3. The summed E-state index contributed by atoms with van der Waals surface area (Å²) in [6.07, 6.45) is -4.63. The normalized spacial score (nSPS) is 11.3. The number of hydrogen-bond donors (Lipinski definition) is 3. The lowest BCUT2D eigenvalue weighted by molar-refractivity contribution is -0.136. The summed E-state index contributed by atoms with van der Waals surface area (Å²) in [5, 5.41) is 2.18. The Balaban J connectivity index is 2.44. The third kappa shape index (κ3) is 3.19. The van der Waals surface area contributed by atoms with Gasteiger partial charge in [0.1, 0.15) is 0 Å². The van der Waals surface area contributed by atoms with E-state index in [1.807, 2.05) is 5.43 Å². The highest BCUT2D eigenvalue weighted by molar-refractivity contribution is 5.63. The average Bonchev–Trinajstić information content (AvgIpc) is 2.41. The van der Waals surface area contributed by atoms with Crippen molar-refractivity contribution in [3.8, 4) is 0 Å². The van der Waals surface area contributed by atoms with Crippen molar-refractivity contribution in [3.05, 3.63) is 47.5 Å². The van der Waals surface area contributed by atoms with E-state index < -0.39 is 40.7 Å². The van der Waals surface area contributed by atoms with Crippen LogP contribution in [-0.2, 0) is 6.18 Å². The molecule has 0 radical (unpaired) electrons. The maximum atomic E-state index is 13.6. The Morgan fingerprint density at radius 3 is 2.24 bits per heavy atom. The van der Waals surface area contributed by atoms with Crippen molar-refractivity contribution in [3.63, 3.8) is 0 Å². The number of nitrogens with one attached hydrogen (secondary N) is 2. The van der Waals surface area contributed by atoms with Crippen molar-refractivity contribution in [2.75, 3.05) is 10.7 Å². The largest absolute Gasteiger partial charge is 0.418 e. The minimum Gasteiger partial charge on any atom is -0.337 e. The second-order valence-electron chi connectivity index (χ2n) is 3.96. The fraction of sp³-hybridized carbons (Fsp3) is 0.0833. The fourth-order valence-corrected chi connectivity index (χ4v) is 1.62. The molecule has 0 aliphatic heterocycles. The molecule has 0 bridgehead atoms. The van der Waals surface area contributed by atoms with Crippen LogP contribution in [0.2, 0.25) is 0 Å². The van der Waals surface area contributed by atoms with E-state index in [-0.39, 0.29) is 0 Å². The summed E-state index contributed by atoms with van der Waals surface area (Å²) < 4.78 is 65.2. The van der Waals surface area contributed by atoms with Gasteiger partial charge < -0.3 is 10.7 Å². The molecule has 4 nitrogen and oxygen atoms in total. The molecule has 1 aromatic heterocycles. The summed E-state index contributed by atoms with van der Waals surface area (Å²) >= 11 is 0. The monoisotopic (exact) mass is 304 g/mol. The number of aromatic nitrogens is 1. The maximum Gasteiger partial charge on any atom is 0.418 e. The minimum absolute atomic E-state index is 0.411. The molecule has 0 atom stereocenters. The standard InChI is InChI=1S/C12H9F5N4/c13-7-5-8(14)11(21-18)20-10(7)19-9-4-2-1-3-6(9)12(15,16)17/h1-5H,18H2,(H2,19,20,21). The number of hydrogen-bond acceptors (Lipinski definition) is 4. The molecule has 112 valence electrons. The van der Waals surface area contributed by atoms with Gasteiger partial charge in [0, 0.05) is 6.07 Å². The lowest BCUT2D eigenvalue weighted by Crippen LogP contribution is -2.13. The zero-order chi connectivity index (χ0) is 15.6. The minimum atomic E-state index is -4.63. The average molecular weight is 304 g/mol. The van der Waals surface area contributed by atoms with Gasteiger partial charge in [-0.05, 0) is 12.1 Å². The Kier molecular flexibility index (Phi) is 3.94. The van der Waals surface area contributed by atoms with E-state index in [1.54, 1.807) is 0 Å². The lowest BCUT2D eigenvalue weighted by Gasteiger charge is -2.14. The summed E-state index contributed by atoms with van der Waals surface area (Å²) in [6, 6.07) is 4.91. The number of benzene rings is 1. The molecular formula is C12H9F5N4. The van der Waals surface area contributed by atoms with Crippen LogP contribution in [0.25, 0.3) is 0 Å². The Hall–Kier alpha value is -2.42. The van der Waals surface area contributed by atoms with Crippen molar-refractivity contribution < 1.29 is 22.0 Å². The number of hydrazine groups is 1. The molecule has 9 heteroatoms. The molecule has 0 amide bonds. The van der Waals surface area contributed by atoms with Crippen LogP contribution < -0.4 is 16.6 Å². The molecule has 0 aliphatic carbocycles. The molecule has 1 aromatic carbocycles. The van der Waals surface area contributed by atoms with Gasteiger partial charge in [-0.1, -0.05) is 12.1 Å². The number of alkyl halides is 3. The molecule has 0 aliphatic rings. The number of rotatable bonds is 3. The van der Waals surface area contributed by atoms with E-state index in [4.69, 9.17) is 5.84 Å². The first-order valence-electron chi connectivity index (χ1n) is 5.59. The number of nitrogens with zero attached hydrogens (tertiary/aromatic N) is 1. The highest BCUT2D eigenvalue weighted by Crippen LogP contribution is 2.36. The van der Waals surface area contributed by atoms with E-state index >= 15 is 0 Å². The summed E-state index contributed by atoms with van der Waals surface area (Å²) in [6.45, 7) is 0. The number of nitrogen functional groups attached to an aromatic ring is 1. The molecule has 2 rings (SSSR count). The third-order valence-electron chi connectivity index (χ3n) is 2.55. The van der Waals surface area contributed by atoms with E-state index in [0.29, 0.717) is 6.07 Å². The van der Waals surface area contributed by atoms with E-state index in [0.717, 1.165) is 12.1 Å². The van der Waals surface area contributed by atoms with E-state index in [1.165, 1.54) is 12.1 Å². The lowest BCUT2D eigenvalue weighted by atomic mass is 10.1. The molecule has 0 spiro atoms. The first kappa shape index (κ1) is 15.0. The predicted octanol–water partition coefficient (Wildman–Crippen LogP) is 3.41. The first-order valence-corrected chi connectivity index (χ1v) is 5.59. The molecule has 2 aromatic rings. The molecular weight excluding hydrogens is 295 g/mol. The molecule has 0 saturated carbocycles. The Bertz CT molecular complexity index is 657.